The summed E-state index contributed by atoms with van der Waals surface area (Å²) in [6, 6.07) is 7.66. The van der Waals surface area contributed by atoms with Gasteiger partial charge in [-0.05, 0) is 17.1 Å². The van der Waals surface area contributed by atoms with Crippen LogP contribution < -0.4 is 5.43 Å². The molecule has 0 aliphatic heterocycles. The smallest absolute Gasteiger partial charge is 0.325 e. The van der Waals surface area contributed by atoms with Crippen molar-refractivity contribution >= 4 is 16.7 Å². The first-order valence-electron chi connectivity index (χ1n) is 3.95. The van der Waals surface area contributed by atoms with Crippen molar-refractivity contribution in [2.24, 2.45) is 0 Å². The summed E-state index contributed by atoms with van der Waals surface area (Å²) in [6.45, 7) is 0. The van der Waals surface area contributed by atoms with E-state index in [1.165, 1.54) is 0 Å². The standard InChI is InChI=1S/C9H6N2O3/c12-8-5-9(11(13)14)10-7-4-2-1-3-6(7)8/h1-5H,(H,10,12). The molecule has 1 heterocycles. The minimum Gasteiger partial charge on any atom is -0.358 e. The Labute approximate surface area is 78.1 Å². The highest BCUT2D eigenvalue weighted by molar-refractivity contribution is 5.79. The maximum atomic E-state index is 11.4. The first kappa shape index (κ1) is 8.43. The van der Waals surface area contributed by atoms with Gasteiger partial charge in [-0.2, -0.15) is 0 Å². The molecular weight excluding hydrogens is 184 g/mol. The number of pyridine rings is 1. The van der Waals surface area contributed by atoms with Crippen LogP contribution in [-0.2, 0) is 0 Å². The fourth-order valence-corrected chi connectivity index (χ4v) is 1.28. The molecule has 0 radical (unpaired) electrons. The number of nitrogens with zero attached hydrogens (tertiary/aromatic N) is 1. The zero-order valence-electron chi connectivity index (χ0n) is 7.06. The van der Waals surface area contributed by atoms with Crippen molar-refractivity contribution in [1.29, 1.82) is 0 Å². The van der Waals surface area contributed by atoms with E-state index >= 15 is 0 Å². The van der Waals surface area contributed by atoms with E-state index < -0.39 is 4.92 Å². The van der Waals surface area contributed by atoms with Crippen molar-refractivity contribution in [2.45, 2.75) is 0 Å². The highest BCUT2D eigenvalue weighted by Crippen LogP contribution is 2.11. The Kier molecular flexibility index (Phi) is 1.78. The Morgan fingerprint density at radius 3 is 2.71 bits per heavy atom. The zero-order valence-corrected chi connectivity index (χ0v) is 7.06. The number of aromatic amines is 1. The molecule has 0 aliphatic rings. The highest BCUT2D eigenvalue weighted by atomic mass is 16.6. The van der Waals surface area contributed by atoms with Crippen molar-refractivity contribution in [3.05, 3.63) is 50.7 Å². The number of para-hydroxylation sites is 1. The van der Waals surface area contributed by atoms with Crippen LogP contribution in [0.25, 0.3) is 10.9 Å². The molecule has 1 aromatic heterocycles. The molecule has 0 atom stereocenters. The van der Waals surface area contributed by atoms with Gasteiger partial charge in [-0.3, -0.25) is 4.79 Å². The Morgan fingerprint density at radius 2 is 2.00 bits per heavy atom. The molecule has 0 saturated carbocycles. The summed E-state index contributed by atoms with van der Waals surface area (Å²) in [7, 11) is 0. The lowest BCUT2D eigenvalue weighted by molar-refractivity contribution is -0.389. The van der Waals surface area contributed by atoms with Crippen LogP contribution in [0, 0.1) is 10.1 Å². The largest absolute Gasteiger partial charge is 0.358 e. The highest BCUT2D eigenvalue weighted by Gasteiger charge is 2.08. The molecule has 14 heavy (non-hydrogen) atoms. The molecule has 0 fully saturated rings. The van der Waals surface area contributed by atoms with Crippen LogP contribution in [0.15, 0.2) is 35.1 Å². The van der Waals surface area contributed by atoms with E-state index in [0.29, 0.717) is 10.9 Å². The summed E-state index contributed by atoms with van der Waals surface area (Å²) in [6.07, 6.45) is 0. The van der Waals surface area contributed by atoms with Gasteiger partial charge in [-0.15, -0.1) is 0 Å². The molecule has 2 rings (SSSR count). The van der Waals surface area contributed by atoms with Gasteiger partial charge in [0.1, 0.15) is 5.52 Å². The first-order chi connectivity index (χ1) is 6.68. The maximum Gasteiger partial charge on any atom is 0.325 e. The van der Waals surface area contributed by atoms with E-state index in [9.17, 15) is 14.9 Å². The van der Waals surface area contributed by atoms with Gasteiger partial charge in [0, 0.05) is 0 Å². The number of rotatable bonds is 1. The van der Waals surface area contributed by atoms with E-state index in [1.54, 1.807) is 24.3 Å². The van der Waals surface area contributed by atoms with Gasteiger partial charge in [0.05, 0.1) is 11.5 Å². The Hall–Kier alpha value is -2.17. The molecule has 1 N–H and O–H groups in total. The predicted molar refractivity (Wildman–Crippen MR) is 51.2 cm³/mol. The molecule has 0 amide bonds. The number of aromatic nitrogens is 1. The second-order valence-corrected chi connectivity index (χ2v) is 2.82. The molecule has 5 nitrogen and oxygen atoms in total. The molecule has 1 aromatic carbocycles. The van der Waals surface area contributed by atoms with Crippen molar-refractivity contribution in [3.63, 3.8) is 0 Å². The van der Waals surface area contributed by atoms with Crippen LogP contribution in [0.1, 0.15) is 0 Å². The summed E-state index contributed by atoms with van der Waals surface area (Å²) in [4.78, 5) is 23.8. The topological polar surface area (TPSA) is 76.0 Å². The first-order valence-corrected chi connectivity index (χ1v) is 3.95. The predicted octanol–water partition coefficient (Wildman–Crippen LogP) is 1.44. The minimum atomic E-state index is -0.617. The molecule has 0 aliphatic carbocycles. The molecular formula is C9H6N2O3. The van der Waals surface area contributed by atoms with Crippen LogP contribution in [0.4, 0.5) is 5.82 Å². The summed E-state index contributed by atoms with van der Waals surface area (Å²) < 4.78 is 0. The molecule has 0 bridgehead atoms. The van der Waals surface area contributed by atoms with Crippen molar-refractivity contribution in [1.82, 2.24) is 4.98 Å². The number of nitrogens with one attached hydrogen (secondary N) is 1. The molecule has 0 saturated heterocycles. The summed E-state index contributed by atoms with van der Waals surface area (Å²) in [5.41, 5.74) is 0.137. The fraction of sp³-hybridized carbons (Fsp3) is 0. The zero-order chi connectivity index (χ0) is 10.1. The lowest BCUT2D eigenvalue weighted by Gasteiger charge is -1.96. The summed E-state index contributed by atoms with van der Waals surface area (Å²) in [5, 5.41) is 10.9. The van der Waals surface area contributed by atoms with Gasteiger partial charge in [-0.1, -0.05) is 12.1 Å². The third kappa shape index (κ3) is 1.24. The van der Waals surface area contributed by atoms with Crippen molar-refractivity contribution in [3.8, 4) is 0 Å². The molecule has 5 heteroatoms. The number of H-pyrrole nitrogens is 1. The maximum absolute atomic E-state index is 11.4. The van der Waals surface area contributed by atoms with Gasteiger partial charge in [-0.25, -0.2) is 4.98 Å². The van der Waals surface area contributed by atoms with Crippen LogP contribution in [-0.4, -0.2) is 9.91 Å². The third-order valence-electron chi connectivity index (χ3n) is 1.92. The van der Waals surface area contributed by atoms with Crippen molar-refractivity contribution in [2.75, 3.05) is 0 Å². The number of hydrogen-bond acceptors (Lipinski definition) is 3. The van der Waals surface area contributed by atoms with Gasteiger partial charge in [0.25, 0.3) is 0 Å². The van der Waals surface area contributed by atoms with Crippen LogP contribution in [0.5, 0.6) is 0 Å². The molecule has 70 valence electrons. The fourth-order valence-electron chi connectivity index (χ4n) is 1.28. The molecule has 0 spiro atoms. The SMILES string of the molecule is O=c1cc([N+](=O)[O-])[nH]c2ccccc12. The average molecular weight is 190 g/mol. The van der Waals surface area contributed by atoms with Gasteiger partial charge in [0.15, 0.2) is 5.43 Å². The number of fused-ring (bicyclic) bond motifs is 1. The average Bonchev–Trinajstić information content (AvgIpc) is 2.17. The minimum absolute atomic E-state index is 0.284. The van der Waals surface area contributed by atoms with Gasteiger partial charge >= 0.3 is 5.82 Å². The Balaban J connectivity index is 2.86. The number of hydrogen-bond donors (Lipinski definition) is 1. The number of nitro groups is 1. The van der Waals surface area contributed by atoms with E-state index in [0.717, 1.165) is 6.07 Å². The summed E-state index contributed by atoms with van der Waals surface area (Å²) >= 11 is 0. The second kappa shape index (κ2) is 2.95. The molecule has 0 unspecified atom stereocenters. The van der Waals surface area contributed by atoms with E-state index in [2.05, 4.69) is 4.98 Å². The van der Waals surface area contributed by atoms with Gasteiger partial charge < -0.3 is 10.1 Å². The van der Waals surface area contributed by atoms with E-state index in [4.69, 9.17) is 0 Å². The van der Waals surface area contributed by atoms with Crippen molar-refractivity contribution < 1.29 is 4.92 Å². The van der Waals surface area contributed by atoms with Crippen LogP contribution >= 0.6 is 0 Å². The lowest BCUT2D eigenvalue weighted by atomic mass is 10.2. The normalized spacial score (nSPS) is 10.3. The van der Waals surface area contributed by atoms with Crippen LogP contribution in [0.3, 0.4) is 0 Å². The van der Waals surface area contributed by atoms with E-state index in [1.807, 2.05) is 0 Å². The molecule has 2 aromatic rings. The quantitative estimate of drug-likeness (QED) is 0.546. The monoisotopic (exact) mass is 190 g/mol. The lowest BCUT2D eigenvalue weighted by Crippen LogP contribution is -2.04. The number of benzene rings is 1. The Bertz CT molecular complexity index is 559. The summed E-state index contributed by atoms with van der Waals surface area (Å²) in [5.74, 6) is -0.284. The third-order valence-corrected chi connectivity index (χ3v) is 1.92. The Morgan fingerprint density at radius 1 is 1.29 bits per heavy atom. The second-order valence-electron chi connectivity index (χ2n) is 2.82. The van der Waals surface area contributed by atoms with E-state index in [-0.39, 0.29) is 11.2 Å². The van der Waals surface area contributed by atoms with Crippen LogP contribution in [0.2, 0.25) is 0 Å². The van der Waals surface area contributed by atoms with Gasteiger partial charge in [0.2, 0.25) is 0 Å².